The van der Waals surface area contributed by atoms with Crippen molar-refractivity contribution in [2.75, 3.05) is 11.9 Å². The summed E-state index contributed by atoms with van der Waals surface area (Å²) in [6.45, 7) is 4.87. The van der Waals surface area contributed by atoms with Gasteiger partial charge in [-0.25, -0.2) is 4.68 Å². The molecule has 3 N–H and O–H groups in total. The molecule has 3 rings (SSSR count). The molecule has 3 aromatic rings. The van der Waals surface area contributed by atoms with Gasteiger partial charge in [0.15, 0.2) is 5.96 Å². The number of anilines is 1. The van der Waals surface area contributed by atoms with Crippen molar-refractivity contribution < 1.29 is 0 Å². The lowest BCUT2D eigenvalue weighted by Crippen LogP contribution is -2.23. The Morgan fingerprint density at radius 1 is 1.15 bits per heavy atom. The Morgan fingerprint density at radius 2 is 1.96 bits per heavy atom. The third kappa shape index (κ3) is 5.20. The van der Waals surface area contributed by atoms with E-state index in [2.05, 4.69) is 59.7 Å². The van der Waals surface area contributed by atoms with E-state index >= 15 is 0 Å². The van der Waals surface area contributed by atoms with Crippen molar-refractivity contribution in [3.63, 3.8) is 0 Å². The van der Waals surface area contributed by atoms with E-state index in [9.17, 15) is 0 Å². The molecular formula is C22H27N5. The number of aromatic nitrogens is 2. The molecule has 140 valence electrons. The van der Waals surface area contributed by atoms with Crippen LogP contribution in [0.15, 0.2) is 65.8 Å². The second-order valence-electron chi connectivity index (χ2n) is 6.57. The minimum absolute atomic E-state index is 0.458. The van der Waals surface area contributed by atoms with Gasteiger partial charge in [0.1, 0.15) is 0 Å². The molecule has 0 aliphatic carbocycles. The molecule has 0 spiro atoms. The number of benzene rings is 2. The first-order chi connectivity index (χ1) is 13.2. The predicted octanol–water partition coefficient (Wildman–Crippen LogP) is 4.10. The number of nitrogens with two attached hydrogens (primary N) is 1. The minimum Gasteiger partial charge on any atom is -0.370 e. The topological polar surface area (TPSA) is 68.2 Å². The zero-order chi connectivity index (χ0) is 19.1. The Labute approximate surface area is 160 Å². The van der Waals surface area contributed by atoms with Crippen LogP contribution in [-0.2, 0) is 12.8 Å². The molecule has 0 unspecified atom stereocenters. The smallest absolute Gasteiger partial charge is 0.193 e. The minimum atomic E-state index is 0.458. The van der Waals surface area contributed by atoms with E-state index < -0.39 is 0 Å². The fourth-order valence-electron chi connectivity index (χ4n) is 2.98. The molecule has 0 atom stereocenters. The zero-order valence-electron chi connectivity index (χ0n) is 16.0. The number of hydrogen-bond acceptors (Lipinski definition) is 2. The summed E-state index contributed by atoms with van der Waals surface area (Å²) in [6.07, 6.45) is 4.97. The molecule has 0 radical (unpaired) electrons. The van der Waals surface area contributed by atoms with Gasteiger partial charge in [0.2, 0.25) is 0 Å². The summed E-state index contributed by atoms with van der Waals surface area (Å²) in [5, 5.41) is 7.77. The monoisotopic (exact) mass is 361 g/mol. The number of hydrogen-bond donors (Lipinski definition) is 2. The average molecular weight is 361 g/mol. The van der Waals surface area contributed by atoms with E-state index in [0.717, 1.165) is 36.3 Å². The molecule has 1 heterocycles. The van der Waals surface area contributed by atoms with Gasteiger partial charge in [-0.1, -0.05) is 37.3 Å². The first-order valence-corrected chi connectivity index (χ1v) is 9.42. The summed E-state index contributed by atoms with van der Waals surface area (Å²) in [7, 11) is 0. The first kappa shape index (κ1) is 18.7. The third-order valence-electron chi connectivity index (χ3n) is 4.52. The van der Waals surface area contributed by atoms with E-state index in [1.807, 2.05) is 35.0 Å². The summed E-state index contributed by atoms with van der Waals surface area (Å²) in [5.41, 5.74) is 11.7. The van der Waals surface area contributed by atoms with Crippen LogP contribution in [0.4, 0.5) is 5.69 Å². The van der Waals surface area contributed by atoms with Crippen LogP contribution in [0, 0.1) is 6.92 Å². The molecule has 27 heavy (non-hydrogen) atoms. The van der Waals surface area contributed by atoms with E-state index in [1.165, 1.54) is 11.1 Å². The molecular weight excluding hydrogens is 334 g/mol. The molecule has 0 bridgehead atoms. The number of nitrogens with one attached hydrogen (secondary N) is 1. The molecule has 0 fully saturated rings. The van der Waals surface area contributed by atoms with Crippen LogP contribution in [-0.4, -0.2) is 22.3 Å². The highest BCUT2D eigenvalue weighted by molar-refractivity contribution is 5.92. The van der Waals surface area contributed by atoms with Crippen LogP contribution in [0.1, 0.15) is 30.2 Å². The van der Waals surface area contributed by atoms with Crippen molar-refractivity contribution >= 4 is 11.6 Å². The van der Waals surface area contributed by atoms with Crippen molar-refractivity contribution in [2.45, 2.75) is 33.1 Å². The van der Waals surface area contributed by atoms with Crippen LogP contribution in [0.5, 0.6) is 0 Å². The molecule has 0 saturated heterocycles. The number of aliphatic imine (C=N–C) groups is 1. The molecule has 0 aliphatic rings. The van der Waals surface area contributed by atoms with Gasteiger partial charge in [-0.2, -0.15) is 5.10 Å². The van der Waals surface area contributed by atoms with Gasteiger partial charge < -0.3 is 11.1 Å². The van der Waals surface area contributed by atoms with Crippen LogP contribution in [0.25, 0.3) is 5.69 Å². The Kier molecular flexibility index (Phi) is 6.26. The summed E-state index contributed by atoms with van der Waals surface area (Å²) < 4.78 is 1.94. The van der Waals surface area contributed by atoms with Gasteiger partial charge >= 0.3 is 0 Å². The van der Waals surface area contributed by atoms with Gasteiger partial charge in [0.25, 0.3) is 0 Å². The first-order valence-electron chi connectivity index (χ1n) is 9.42. The predicted molar refractivity (Wildman–Crippen MR) is 113 cm³/mol. The fourth-order valence-corrected chi connectivity index (χ4v) is 2.98. The zero-order valence-corrected chi connectivity index (χ0v) is 16.0. The average Bonchev–Trinajstić information content (AvgIpc) is 3.07. The van der Waals surface area contributed by atoms with Crippen LogP contribution in [0.3, 0.4) is 0 Å². The molecule has 0 aliphatic heterocycles. The maximum absolute atomic E-state index is 6.01. The van der Waals surface area contributed by atoms with Crippen LogP contribution >= 0.6 is 0 Å². The van der Waals surface area contributed by atoms with Crippen LogP contribution in [0.2, 0.25) is 0 Å². The van der Waals surface area contributed by atoms with Crippen molar-refractivity contribution in [3.8, 4) is 5.69 Å². The Bertz CT molecular complexity index is 896. The number of rotatable bonds is 7. The Balaban J connectivity index is 1.52. The second kappa shape index (κ2) is 9.03. The Morgan fingerprint density at radius 3 is 2.74 bits per heavy atom. The standard InChI is InChI=1S/C22H27N5/c1-3-18-9-7-11-20(15-18)25-22(23)24-14-8-10-19-16-27(26-17(19)2)21-12-5-4-6-13-21/h4-7,9,11-13,15-16H,3,8,10,14H2,1-2H3,(H3,23,24,25). The maximum atomic E-state index is 6.01. The number of aryl methyl sites for hydroxylation is 3. The molecule has 1 aromatic heterocycles. The summed E-state index contributed by atoms with van der Waals surface area (Å²) >= 11 is 0. The van der Waals surface area contributed by atoms with E-state index in [0.29, 0.717) is 12.5 Å². The second-order valence-corrected chi connectivity index (χ2v) is 6.57. The summed E-state index contributed by atoms with van der Waals surface area (Å²) in [4.78, 5) is 4.44. The molecule has 0 saturated carbocycles. The van der Waals surface area contributed by atoms with E-state index in [-0.39, 0.29) is 0 Å². The lowest BCUT2D eigenvalue weighted by molar-refractivity contribution is 0.827. The highest BCUT2D eigenvalue weighted by atomic mass is 15.3. The molecule has 5 heteroatoms. The van der Waals surface area contributed by atoms with Gasteiger partial charge in [-0.05, 0) is 61.6 Å². The Hall–Kier alpha value is -3.08. The lowest BCUT2D eigenvalue weighted by atomic mass is 10.1. The largest absolute Gasteiger partial charge is 0.370 e. The summed E-state index contributed by atoms with van der Waals surface area (Å²) in [6, 6.07) is 18.4. The van der Waals surface area contributed by atoms with E-state index in [1.54, 1.807) is 0 Å². The number of nitrogens with zero attached hydrogens (tertiary/aromatic N) is 3. The number of guanidine groups is 1. The van der Waals surface area contributed by atoms with Crippen molar-refractivity contribution in [3.05, 3.63) is 77.6 Å². The van der Waals surface area contributed by atoms with Gasteiger partial charge in [0, 0.05) is 18.4 Å². The lowest BCUT2D eigenvalue weighted by Gasteiger charge is -2.07. The maximum Gasteiger partial charge on any atom is 0.193 e. The molecule has 5 nitrogen and oxygen atoms in total. The SMILES string of the molecule is CCc1cccc(NC(N)=NCCCc2cn(-c3ccccc3)nc2C)c1. The molecule has 0 amide bonds. The fraction of sp³-hybridized carbons (Fsp3) is 0.273. The van der Waals surface area contributed by atoms with Crippen molar-refractivity contribution in [2.24, 2.45) is 10.7 Å². The highest BCUT2D eigenvalue weighted by Crippen LogP contribution is 2.14. The highest BCUT2D eigenvalue weighted by Gasteiger charge is 2.06. The quantitative estimate of drug-likeness (QED) is 0.378. The van der Waals surface area contributed by atoms with Crippen LogP contribution < -0.4 is 11.1 Å². The van der Waals surface area contributed by atoms with Gasteiger partial charge in [0.05, 0.1) is 11.4 Å². The normalized spacial score (nSPS) is 11.6. The number of para-hydroxylation sites is 1. The molecule has 2 aromatic carbocycles. The van der Waals surface area contributed by atoms with Gasteiger partial charge in [-0.15, -0.1) is 0 Å². The van der Waals surface area contributed by atoms with Gasteiger partial charge in [-0.3, -0.25) is 4.99 Å². The van der Waals surface area contributed by atoms with E-state index in [4.69, 9.17) is 5.73 Å². The van der Waals surface area contributed by atoms with Crippen molar-refractivity contribution in [1.82, 2.24) is 9.78 Å². The van der Waals surface area contributed by atoms with Crippen molar-refractivity contribution in [1.29, 1.82) is 0 Å². The third-order valence-corrected chi connectivity index (χ3v) is 4.52. The summed E-state index contributed by atoms with van der Waals surface area (Å²) in [5.74, 6) is 0.458.